The summed E-state index contributed by atoms with van der Waals surface area (Å²) < 4.78 is 0. The maximum absolute atomic E-state index is 12.3. The van der Waals surface area contributed by atoms with Crippen LogP contribution in [0.2, 0.25) is 0 Å². The number of rotatable bonds is 4. The summed E-state index contributed by atoms with van der Waals surface area (Å²) in [4.78, 5) is 16.1. The molecule has 1 aromatic carbocycles. The summed E-state index contributed by atoms with van der Waals surface area (Å²) in [5.41, 5.74) is 2.37. The van der Waals surface area contributed by atoms with E-state index in [4.69, 9.17) is 0 Å². The number of carbonyl (C=O) groups is 1. The van der Waals surface area contributed by atoms with Crippen LogP contribution < -0.4 is 0 Å². The van der Waals surface area contributed by atoms with Crippen LogP contribution in [0.1, 0.15) is 16.2 Å². The van der Waals surface area contributed by atoms with E-state index in [-0.39, 0.29) is 17.4 Å². The second-order valence-corrected chi connectivity index (χ2v) is 5.03. The molecule has 0 radical (unpaired) electrons. The molecule has 0 saturated carbocycles. The molecule has 0 atom stereocenters. The lowest BCUT2D eigenvalue weighted by Crippen LogP contribution is -1.98. The van der Waals surface area contributed by atoms with Crippen LogP contribution in [-0.4, -0.2) is 26.1 Å². The van der Waals surface area contributed by atoms with Gasteiger partial charge in [0.1, 0.15) is 6.33 Å². The Morgan fingerprint density at radius 3 is 2.76 bits per heavy atom. The summed E-state index contributed by atoms with van der Waals surface area (Å²) in [5.74, 6) is -0.441. The fourth-order valence-electron chi connectivity index (χ4n) is 1.93. The number of aromatic nitrogens is 3. The molecule has 0 fully saturated rings. The number of thiophene rings is 1. The van der Waals surface area contributed by atoms with Crippen LogP contribution in [0.25, 0.3) is 16.9 Å². The zero-order chi connectivity index (χ0) is 14.7. The molecule has 2 N–H and O–H groups in total. The van der Waals surface area contributed by atoms with Gasteiger partial charge in [-0.1, -0.05) is 30.3 Å². The van der Waals surface area contributed by atoms with Crippen molar-refractivity contribution in [2.75, 3.05) is 0 Å². The minimum atomic E-state index is -0.280. The number of hydrogen-bond acceptors (Lipinski definition) is 5. The Hall–Kier alpha value is -2.73. The quantitative estimate of drug-likeness (QED) is 0.440. The summed E-state index contributed by atoms with van der Waals surface area (Å²) in [7, 11) is 0. The number of allylic oxidation sites excluding steroid dienone is 1. The number of nitrogens with zero attached hydrogens (tertiary/aromatic N) is 2. The molecule has 3 rings (SSSR count). The minimum Gasteiger partial charge on any atom is -0.504 e. The molecule has 0 aliphatic rings. The second kappa shape index (κ2) is 5.72. The van der Waals surface area contributed by atoms with Crippen LogP contribution in [-0.2, 0) is 0 Å². The van der Waals surface area contributed by atoms with Gasteiger partial charge in [-0.15, -0.1) is 0 Å². The molecule has 3 aromatic rings. The monoisotopic (exact) mass is 297 g/mol. The van der Waals surface area contributed by atoms with Crippen LogP contribution in [0, 0.1) is 0 Å². The van der Waals surface area contributed by atoms with Crippen molar-refractivity contribution >= 4 is 22.9 Å². The number of carbonyl (C=O) groups excluding carboxylic acids is 1. The van der Waals surface area contributed by atoms with Gasteiger partial charge in [-0.25, -0.2) is 4.98 Å². The van der Waals surface area contributed by atoms with Crippen LogP contribution in [0.5, 0.6) is 0 Å². The highest BCUT2D eigenvalue weighted by molar-refractivity contribution is 7.08. The molecule has 0 saturated heterocycles. The minimum absolute atomic E-state index is 0.0971. The van der Waals surface area contributed by atoms with Crippen molar-refractivity contribution in [2.45, 2.75) is 0 Å². The lowest BCUT2D eigenvalue weighted by Gasteiger charge is -2.01. The van der Waals surface area contributed by atoms with E-state index in [2.05, 4.69) is 15.2 Å². The first kappa shape index (κ1) is 13.3. The maximum Gasteiger partial charge on any atom is 0.215 e. The van der Waals surface area contributed by atoms with E-state index in [1.165, 1.54) is 17.7 Å². The Balaban J connectivity index is 1.94. The van der Waals surface area contributed by atoms with Crippen molar-refractivity contribution in [1.29, 1.82) is 0 Å². The molecule has 0 aliphatic heterocycles. The number of ketones is 1. The molecule has 0 aliphatic carbocycles. The van der Waals surface area contributed by atoms with E-state index < -0.39 is 0 Å². The van der Waals surface area contributed by atoms with Crippen molar-refractivity contribution in [3.05, 3.63) is 64.9 Å². The summed E-state index contributed by atoms with van der Waals surface area (Å²) in [6.07, 6.45) is 2.47. The summed E-state index contributed by atoms with van der Waals surface area (Å²) in [5, 5.41) is 19.7. The van der Waals surface area contributed by atoms with Crippen molar-refractivity contribution in [1.82, 2.24) is 15.2 Å². The predicted octanol–water partition coefficient (Wildman–Crippen LogP) is 3.32. The Morgan fingerprint density at radius 1 is 1.24 bits per heavy atom. The van der Waals surface area contributed by atoms with Gasteiger partial charge in [-0.2, -0.15) is 16.4 Å². The second-order valence-electron chi connectivity index (χ2n) is 4.28. The number of nitrogens with one attached hydrogen (secondary N) is 1. The van der Waals surface area contributed by atoms with Gasteiger partial charge in [0.05, 0.1) is 0 Å². The zero-order valence-corrected chi connectivity index (χ0v) is 11.7. The Kier molecular flexibility index (Phi) is 3.61. The van der Waals surface area contributed by atoms with Gasteiger partial charge in [0, 0.05) is 22.6 Å². The number of H-pyrrole nitrogens is 1. The van der Waals surface area contributed by atoms with Gasteiger partial charge in [0.2, 0.25) is 5.82 Å². The van der Waals surface area contributed by atoms with E-state index in [1.54, 1.807) is 5.38 Å². The highest BCUT2D eigenvalue weighted by Crippen LogP contribution is 2.28. The lowest BCUT2D eigenvalue weighted by molar-refractivity contribution is 0.104. The van der Waals surface area contributed by atoms with E-state index in [0.717, 1.165) is 17.2 Å². The lowest BCUT2D eigenvalue weighted by atomic mass is 10.0. The third kappa shape index (κ3) is 2.75. The topological polar surface area (TPSA) is 78.9 Å². The largest absolute Gasteiger partial charge is 0.504 e. The zero-order valence-electron chi connectivity index (χ0n) is 10.9. The fourth-order valence-corrected chi connectivity index (χ4v) is 2.77. The molecular formula is C15H11N3O2S. The van der Waals surface area contributed by atoms with Gasteiger partial charge in [-0.05, 0) is 10.9 Å². The molecule has 2 aromatic heterocycles. The number of aliphatic hydroxyl groups excluding tert-OH is 1. The van der Waals surface area contributed by atoms with Gasteiger partial charge >= 0.3 is 0 Å². The highest BCUT2D eigenvalue weighted by Gasteiger charge is 2.14. The average molecular weight is 297 g/mol. The molecular weight excluding hydrogens is 286 g/mol. The first-order valence-corrected chi connectivity index (χ1v) is 7.13. The molecule has 104 valence electrons. The Morgan fingerprint density at radius 2 is 2.05 bits per heavy atom. The average Bonchev–Trinajstić information content (AvgIpc) is 3.19. The van der Waals surface area contributed by atoms with Crippen LogP contribution in [0.3, 0.4) is 0 Å². The number of hydrogen-bond donors (Lipinski definition) is 2. The Bertz CT molecular complexity index is 776. The summed E-state index contributed by atoms with van der Waals surface area (Å²) in [6, 6.07) is 9.64. The van der Waals surface area contributed by atoms with E-state index >= 15 is 0 Å². The van der Waals surface area contributed by atoms with Crippen molar-refractivity contribution in [3.63, 3.8) is 0 Å². The molecule has 0 amide bonds. The maximum atomic E-state index is 12.3. The molecule has 0 unspecified atom stereocenters. The van der Waals surface area contributed by atoms with Crippen molar-refractivity contribution < 1.29 is 9.90 Å². The predicted molar refractivity (Wildman–Crippen MR) is 81.1 cm³/mol. The number of aliphatic hydroxyl groups is 1. The molecule has 0 spiro atoms. The number of aromatic amines is 1. The van der Waals surface area contributed by atoms with Gasteiger partial charge in [0.15, 0.2) is 11.5 Å². The molecule has 21 heavy (non-hydrogen) atoms. The van der Waals surface area contributed by atoms with Crippen LogP contribution >= 0.6 is 11.3 Å². The third-order valence-electron chi connectivity index (χ3n) is 2.92. The highest BCUT2D eigenvalue weighted by atomic mass is 32.1. The fraction of sp³-hybridized carbons (Fsp3) is 0. The van der Waals surface area contributed by atoms with Crippen molar-refractivity contribution in [2.24, 2.45) is 0 Å². The smallest absolute Gasteiger partial charge is 0.215 e. The van der Waals surface area contributed by atoms with Gasteiger partial charge < -0.3 is 5.11 Å². The molecule has 5 nitrogen and oxygen atoms in total. The normalized spacial score (nSPS) is 11.5. The standard InChI is InChI=1S/C15H11N3O2S/c19-13(6-14(20)15-16-9-17-18-15)12-8-21-7-11(12)10-4-2-1-3-5-10/h1-9,20H,(H,16,17,18). The molecule has 0 bridgehead atoms. The SMILES string of the molecule is O=C(C=C(O)c1nc[nH]n1)c1cscc1-c1ccccc1. The molecule has 2 heterocycles. The number of benzene rings is 1. The van der Waals surface area contributed by atoms with E-state index in [0.29, 0.717) is 5.56 Å². The van der Waals surface area contributed by atoms with Crippen LogP contribution in [0.4, 0.5) is 0 Å². The van der Waals surface area contributed by atoms with Gasteiger partial charge in [-0.3, -0.25) is 9.89 Å². The van der Waals surface area contributed by atoms with Crippen LogP contribution in [0.15, 0.2) is 53.5 Å². The summed E-state index contributed by atoms with van der Waals surface area (Å²) >= 11 is 1.44. The third-order valence-corrected chi connectivity index (χ3v) is 3.67. The Labute approximate surface area is 124 Å². The first-order valence-electron chi connectivity index (χ1n) is 6.18. The van der Waals surface area contributed by atoms with Gasteiger partial charge in [0.25, 0.3) is 0 Å². The van der Waals surface area contributed by atoms with E-state index in [9.17, 15) is 9.90 Å². The molecule has 6 heteroatoms. The summed E-state index contributed by atoms with van der Waals surface area (Å²) in [6.45, 7) is 0. The van der Waals surface area contributed by atoms with E-state index in [1.807, 2.05) is 35.7 Å². The van der Waals surface area contributed by atoms with Crippen molar-refractivity contribution in [3.8, 4) is 11.1 Å². The first-order chi connectivity index (χ1) is 10.3.